The highest BCUT2D eigenvalue weighted by atomic mass is 35.5. The van der Waals surface area contributed by atoms with Gasteiger partial charge in [-0.05, 0) is 49.2 Å². The molecule has 2 amide bonds. The van der Waals surface area contributed by atoms with Crippen molar-refractivity contribution in [2.75, 3.05) is 0 Å². The van der Waals surface area contributed by atoms with E-state index in [1.165, 1.54) is 24.3 Å². The van der Waals surface area contributed by atoms with Gasteiger partial charge in [0.1, 0.15) is 5.82 Å². The molecule has 7 heteroatoms. The first-order valence-corrected chi connectivity index (χ1v) is 9.32. The van der Waals surface area contributed by atoms with Crippen LogP contribution in [0.5, 0.6) is 0 Å². The second-order valence-corrected chi connectivity index (χ2v) is 7.10. The monoisotopic (exact) mass is 406 g/mol. The van der Waals surface area contributed by atoms with Gasteiger partial charge in [0, 0.05) is 21.2 Å². The third-order valence-electron chi connectivity index (χ3n) is 4.40. The van der Waals surface area contributed by atoms with E-state index in [1.807, 2.05) is 6.92 Å². The van der Waals surface area contributed by atoms with Gasteiger partial charge in [-0.15, -0.1) is 0 Å². The van der Waals surface area contributed by atoms with Gasteiger partial charge in [-0.1, -0.05) is 42.6 Å². The van der Waals surface area contributed by atoms with Gasteiger partial charge in [0.15, 0.2) is 0 Å². The number of carbonyl (C=O) groups is 2. The summed E-state index contributed by atoms with van der Waals surface area (Å²) in [5.74, 6) is -2.20. The van der Waals surface area contributed by atoms with Crippen LogP contribution in [0, 0.1) is 11.7 Å². The minimum Gasteiger partial charge on any atom is -0.272 e. The average molecular weight is 407 g/mol. The van der Waals surface area contributed by atoms with Gasteiger partial charge in [0.25, 0.3) is 11.8 Å². The van der Waals surface area contributed by atoms with E-state index in [2.05, 4.69) is 5.10 Å². The van der Waals surface area contributed by atoms with Crippen LogP contribution in [0.25, 0.3) is 0 Å². The Morgan fingerprint density at radius 3 is 2.52 bits per heavy atom. The smallest absolute Gasteiger partial charge is 0.272 e. The first-order valence-electron chi connectivity index (χ1n) is 8.56. The topological polar surface area (TPSA) is 49.7 Å². The summed E-state index contributed by atoms with van der Waals surface area (Å²) in [7, 11) is 0. The average Bonchev–Trinajstić information content (AvgIpc) is 2.94. The van der Waals surface area contributed by atoms with Gasteiger partial charge in [-0.2, -0.15) is 10.1 Å². The van der Waals surface area contributed by atoms with Crippen molar-refractivity contribution in [3.63, 3.8) is 0 Å². The molecule has 0 aliphatic carbocycles. The molecule has 0 fully saturated rings. The summed E-state index contributed by atoms with van der Waals surface area (Å²) in [4.78, 5) is 25.6. The number of halogens is 3. The van der Waals surface area contributed by atoms with Crippen LogP contribution in [0.4, 0.5) is 4.39 Å². The zero-order valence-electron chi connectivity index (χ0n) is 14.6. The van der Waals surface area contributed by atoms with Crippen LogP contribution < -0.4 is 0 Å². The number of amides is 2. The first kappa shape index (κ1) is 19.5. The molecule has 1 aliphatic heterocycles. The van der Waals surface area contributed by atoms with E-state index in [1.54, 1.807) is 18.2 Å². The summed E-state index contributed by atoms with van der Waals surface area (Å²) in [6.45, 7) is 1.95. The Morgan fingerprint density at radius 2 is 1.89 bits per heavy atom. The molecule has 1 atom stereocenters. The van der Waals surface area contributed by atoms with Crippen molar-refractivity contribution in [2.24, 2.45) is 11.0 Å². The maximum atomic E-state index is 14.2. The molecule has 2 aromatic rings. The molecule has 0 radical (unpaired) electrons. The van der Waals surface area contributed by atoms with Gasteiger partial charge in [0.2, 0.25) is 0 Å². The second kappa shape index (κ2) is 8.19. The largest absolute Gasteiger partial charge is 0.281 e. The van der Waals surface area contributed by atoms with Crippen molar-refractivity contribution in [1.29, 1.82) is 0 Å². The molecular formula is C20H17Cl2FN2O2. The molecule has 27 heavy (non-hydrogen) atoms. The van der Waals surface area contributed by atoms with E-state index in [0.717, 1.165) is 11.4 Å². The molecule has 4 nitrogen and oxygen atoms in total. The molecule has 0 N–H and O–H groups in total. The van der Waals surface area contributed by atoms with Crippen LogP contribution in [0.3, 0.4) is 0 Å². The molecule has 0 aromatic heterocycles. The lowest BCUT2D eigenvalue weighted by Crippen LogP contribution is -2.33. The summed E-state index contributed by atoms with van der Waals surface area (Å²) < 4.78 is 14.2. The standard InChI is InChI=1S/C20H17Cl2FN2O2/c1-2-4-18-15(11-14-16(22)5-3-6-17(14)23)20(27)25(24-18)19(26)12-7-9-13(21)10-8-12/h3,5-10,15H,2,4,11H2,1H3/t15-/m0/s1. The van der Waals surface area contributed by atoms with Crippen LogP contribution in [0.15, 0.2) is 47.6 Å². The maximum Gasteiger partial charge on any atom is 0.281 e. The SMILES string of the molecule is CCCC1=NN(C(=O)c2ccc(Cl)cc2)C(=O)[C@H]1Cc1c(F)cccc1Cl. The van der Waals surface area contributed by atoms with E-state index in [0.29, 0.717) is 22.7 Å². The Hall–Kier alpha value is -2.24. The maximum absolute atomic E-state index is 14.2. The summed E-state index contributed by atoms with van der Waals surface area (Å²) >= 11 is 12.0. The molecule has 0 saturated carbocycles. The lowest BCUT2D eigenvalue weighted by atomic mass is 9.92. The number of carbonyl (C=O) groups excluding carboxylic acids is 2. The quantitative estimate of drug-likeness (QED) is 0.646. The fourth-order valence-corrected chi connectivity index (χ4v) is 3.38. The molecule has 1 aliphatic rings. The second-order valence-electron chi connectivity index (χ2n) is 6.26. The third kappa shape index (κ3) is 4.04. The number of rotatable bonds is 5. The van der Waals surface area contributed by atoms with Gasteiger partial charge in [-0.25, -0.2) is 4.39 Å². The minimum atomic E-state index is -0.712. The van der Waals surface area contributed by atoms with E-state index in [9.17, 15) is 14.0 Å². The van der Waals surface area contributed by atoms with Crippen molar-refractivity contribution in [3.8, 4) is 0 Å². The zero-order chi connectivity index (χ0) is 19.6. The van der Waals surface area contributed by atoms with Gasteiger partial charge < -0.3 is 0 Å². The van der Waals surface area contributed by atoms with E-state index in [-0.39, 0.29) is 17.0 Å². The van der Waals surface area contributed by atoms with E-state index < -0.39 is 23.5 Å². The molecule has 3 rings (SSSR count). The normalized spacial score (nSPS) is 16.6. The van der Waals surface area contributed by atoms with Crippen LogP contribution in [-0.4, -0.2) is 22.5 Å². The summed E-state index contributed by atoms with van der Waals surface area (Å²) in [5.41, 5.74) is 1.11. The van der Waals surface area contributed by atoms with Gasteiger partial charge >= 0.3 is 0 Å². The van der Waals surface area contributed by atoms with Crippen molar-refractivity contribution >= 4 is 40.7 Å². The van der Waals surface area contributed by atoms with Crippen LogP contribution >= 0.6 is 23.2 Å². The lowest BCUT2D eigenvalue weighted by Gasteiger charge is -2.14. The minimum absolute atomic E-state index is 0.0631. The third-order valence-corrected chi connectivity index (χ3v) is 5.00. The molecule has 0 bridgehead atoms. The van der Waals surface area contributed by atoms with Crippen molar-refractivity contribution in [2.45, 2.75) is 26.2 Å². The van der Waals surface area contributed by atoms with Crippen LogP contribution in [0.1, 0.15) is 35.7 Å². The predicted molar refractivity (Wildman–Crippen MR) is 104 cm³/mol. The molecular weight excluding hydrogens is 390 g/mol. The Kier molecular flexibility index (Phi) is 5.92. The van der Waals surface area contributed by atoms with Crippen LogP contribution in [0.2, 0.25) is 10.0 Å². The van der Waals surface area contributed by atoms with Crippen molar-refractivity contribution in [3.05, 3.63) is 69.5 Å². The zero-order valence-corrected chi connectivity index (χ0v) is 16.1. The molecule has 2 aromatic carbocycles. The number of benzene rings is 2. The highest BCUT2D eigenvalue weighted by Crippen LogP contribution is 2.29. The Morgan fingerprint density at radius 1 is 1.19 bits per heavy atom. The van der Waals surface area contributed by atoms with Gasteiger partial charge in [0.05, 0.1) is 11.6 Å². The molecule has 0 unspecified atom stereocenters. The van der Waals surface area contributed by atoms with E-state index >= 15 is 0 Å². The Bertz CT molecular complexity index is 892. The molecule has 1 heterocycles. The number of hydrogen-bond donors (Lipinski definition) is 0. The van der Waals surface area contributed by atoms with Gasteiger partial charge in [-0.3, -0.25) is 9.59 Å². The lowest BCUT2D eigenvalue weighted by molar-refractivity contribution is -0.129. The molecule has 0 saturated heterocycles. The van der Waals surface area contributed by atoms with Crippen molar-refractivity contribution in [1.82, 2.24) is 5.01 Å². The predicted octanol–water partition coefficient (Wildman–Crippen LogP) is 5.13. The number of imide groups is 1. The fourth-order valence-electron chi connectivity index (χ4n) is 3.01. The molecule has 0 spiro atoms. The summed E-state index contributed by atoms with van der Waals surface area (Å²) in [5, 5.41) is 5.85. The van der Waals surface area contributed by atoms with E-state index in [4.69, 9.17) is 23.2 Å². The number of hydrazone groups is 1. The number of hydrogen-bond acceptors (Lipinski definition) is 3. The van der Waals surface area contributed by atoms with Crippen molar-refractivity contribution < 1.29 is 14.0 Å². The summed E-state index contributed by atoms with van der Waals surface area (Å²) in [6.07, 6.45) is 1.34. The Labute approximate surface area is 166 Å². The first-order chi connectivity index (χ1) is 12.9. The molecule has 140 valence electrons. The summed E-state index contributed by atoms with van der Waals surface area (Å²) in [6, 6.07) is 10.6. The highest BCUT2D eigenvalue weighted by Gasteiger charge is 2.39. The van der Waals surface area contributed by atoms with Crippen LogP contribution in [-0.2, 0) is 11.2 Å². The number of nitrogens with zero attached hydrogens (tertiary/aromatic N) is 2. The fraction of sp³-hybridized carbons (Fsp3) is 0.250. The highest BCUT2D eigenvalue weighted by molar-refractivity contribution is 6.31. The Balaban J connectivity index is 1.90.